The van der Waals surface area contributed by atoms with Gasteiger partial charge in [-0.25, -0.2) is 4.39 Å². The standard InChI is InChI=1S/C22H24FIN2O3S/c1-14-7-9-26(10-8-14)22(30)15-11-18(24)21(19(12-15)28-2)29-13-20(27)25-17-5-3-16(23)4-6-17/h3-6,11-12,14H,7-10,13H2,1-2H3,(H,25,27). The minimum Gasteiger partial charge on any atom is -0.493 e. The number of thiocarbonyl (C=S) groups is 1. The molecular formula is C22H24FIN2O3S. The molecule has 1 heterocycles. The molecule has 0 aliphatic carbocycles. The van der Waals surface area contributed by atoms with Crippen LogP contribution in [0.15, 0.2) is 36.4 Å². The van der Waals surface area contributed by atoms with Crippen molar-refractivity contribution in [1.82, 2.24) is 4.90 Å². The highest BCUT2D eigenvalue weighted by Gasteiger charge is 2.21. The Labute approximate surface area is 195 Å². The first-order chi connectivity index (χ1) is 14.4. The molecule has 1 fully saturated rings. The number of carbonyl (C=O) groups excluding carboxylic acids is 1. The van der Waals surface area contributed by atoms with Crippen LogP contribution in [-0.2, 0) is 4.79 Å². The van der Waals surface area contributed by atoms with E-state index < -0.39 is 0 Å². The summed E-state index contributed by atoms with van der Waals surface area (Å²) in [7, 11) is 1.56. The summed E-state index contributed by atoms with van der Waals surface area (Å²) in [6.07, 6.45) is 2.28. The predicted octanol–water partition coefficient (Wildman–Crippen LogP) is 4.86. The van der Waals surface area contributed by atoms with Crippen LogP contribution in [0.1, 0.15) is 25.3 Å². The summed E-state index contributed by atoms with van der Waals surface area (Å²) in [5.74, 6) is 1.04. The topological polar surface area (TPSA) is 50.8 Å². The van der Waals surface area contributed by atoms with Crippen molar-refractivity contribution in [3.8, 4) is 11.5 Å². The minimum absolute atomic E-state index is 0.197. The van der Waals surface area contributed by atoms with Crippen molar-refractivity contribution < 1.29 is 18.7 Å². The maximum Gasteiger partial charge on any atom is 0.262 e. The molecule has 2 aromatic rings. The predicted molar refractivity (Wildman–Crippen MR) is 128 cm³/mol. The quantitative estimate of drug-likeness (QED) is 0.418. The Bertz CT molecular complexity index is 915. The molecule has 3 rings (SSSR count). The van der Waals surface area contributed by atoms with E-state index in [-0.39, 0.29) is 18.3 Å². The van der Waals surface area contributed by atoms with E-state index in [1.807, 2.05) is 12.1 Å². The zero-order valence-corrected chi connectivity index (χ0v) is 19.9. The van der Waals surface area contributed by atoms with Crippen LogP contribution in [0.4, 0.5) is 10.1 Å². The van der Waals surface area contributed by atoms with Gasteiger partial charge < -0.3 is 19.7 Å². The van der Waals surface area contributed by atoms with Gasteiger partial charge in [-0.2, -0.15) is 0 Å². The van der Waals surface area contributed by atoms with Crippen molar-refractivity contribution in [1.29, 1.82) is 0 Å². The van der Waals surface area contributed by atoms with Gasteiger partial charge in [0.05, 0.1) is 10.7 Å². The highest BCUT2D eigenvalue weighted by atomic mass is 127. The number of halogens is 2. The summed E-state index contributed by atoms with van der Waals surface area (Å²) in [6.45, 7) is 3.99. The van der Waals surface area contributed by atoms with Gasteiger partial charge in [0.25, 0.3) is 5.91 Å². The number of likely N-dealkylation sites (tertiary alicyclic amines) is 1. The van der Waals surface area contributed by atoms with Crippen LogP contribution in [0.2, 0.25) is 0 Å². The molecule has 0 atom stereocenters. The van der Waals surface area contributed by atoms with Gasteiger partial charge in [0.15, 0.2) is 18.1 Å². The Kier molecular flexibility index (Phi) is 7.87. The molecule has 0 bridgehead atoms. The first-order valence-corrected chi connectivity index (χ1v) is 11.2. The van der Waals surface area contributed by atoms with Crippen molar-refractivity contribution in [2.75, 3.05) is 32.1 Å². The first kappa shape index (κ1) is 22.7. The zero-order valence-electron chi connectivity index (χ0n) is 16.9. The van der Waals surface area contributed by atoms with E-state index in [4.69, 9.17) is 21.7 Å². The minimum atomic E-state index is -0.361. The fourth-order valence-electron chi connectivity index (χ4n) is 3.25. The van der Waals surface area contributed by atoms with Crippen LogP contribution in [0.25, 0.3) is 0 Å². The maximum atomic E-state index is 13.0. The van der Waals surface area contributed by atoms with Gasteiger partial charge >= 0.3 is 0 Å². The molecule has 0 radical (unpaired) electrons. The van der Waals surface area contributed by atoms with Crippen molar-refractivity contribution in [2.24, 2.45) is 5.92 Å². The van der Waals surface area contributed by atoms with Crippen molar-refractivity contribution in [3.63, 3.8) is 0 Å². The Balaban J connectivity index is 1.67. The van der Waals surface area contributed by atoms with E-state index in [2.05, 4.69) is 39.7 Å². The Morgan fingerprint density at radius 2 is 1.93 bits per heavy atom. The number of hydrogen-bond donors (Lipinski definition) is 1. The lowest BCUT2D eigenvalue weighted by molar-refractivity contribution is -0.118. The van der Waals surface area contributed by atoms with E-state index in [1.54, 1.807) is 7.11 Å². The monoisotopic (exact) mass is 542 g/mol. The second kappa shape index (κ2) is 10.4. The number of anilines is 1. The van der Waals surface area contributed by atoms with E-state index in [1.165, 1.54) is 24.3 Å². The zero-order chi connectivity index (χ0) is 21.7. The highest BCUT2D eigenvalue weighted by Crippen LogP contribution is 2.35. The molecule has 0 aromatic heterocycles. The normalized spacial score (nSPS) is 14.3. The molecule has 0 unspecified atom stereocenters. The van der Waals surface area contributed by atoms with Gasteiger partial charge in [0.1, 0.15) is 10.8 Å². The van der Waals surface area contributed by atoms with Crippen LogP contribution in [0.3, 0.4) is 0 Å². The molecule has 160 valence electrons. The van der Waals surface area contributed by atoms with Crippen LogP contribution in [0.5, 0.6) is 11.5 Å². The summed E-state index contributed by atoms with van der Waals surface area (Å²) >= 11 is 7.87. The van der Waals surface area contributed by atoms with E-state index in [9.17, 15) is 9.18 Å². The summed E-state index contributed by atoms with van der Waals surface area (Å²) in [6, 6.07) is 9.37. The summed E-state index contributed by atoms with van der Waals surface area (Å²) in [4.78, 5) is 15.2. The molecule has 5 nitrogen and oxygen atoms in total. The van der Waals surface area contributed by atoms with Gasteiger partial charge in [-0.1, -0.05) is 19.1 Å². The van der Waals surface area contributed by atoms with E-state index in [0.717, 1.165) is 46.0 Å². The number of benzene rings is 2. The second-order valence-corrected chi connectivity index (χ2v) is 8.86. The largest absolute Gasteiger partial charge is 0.493 e. The lowest BCUT2D eigenvalue weighted by atomic mass is 9.99. The highest BCUT2D eigenvalue weighted by molar-refractivity contribution is 14.1. The molecule has 0 spiro atoms. The van der Waals surface area contributed by atoms with E-state index >= 15 is 0 Å². The fourth-order valence-corrected chi connectivity index (χ4v) is 4.30. The number of nitrogens with zero attached hydrogens (tertiary/aromatic N) is 1. The third-order valence-electron chi connectivity index (χ3n) is 5.02. The summed E-state index contributed by atoms with van der Waals surface area (Å²) in [5.41, 5.74) is 1.41. The van der Waals surface area contributed by atoms with Crippen molar-refractivity contribution in [3.05, 3.63) is 51.3 Å². The third-order valence-corrected chi connectivity index (χ3v) is 6.32. The maximum absolute atomic E-state index is 13.0. The second-order valence-electron chi connectivity index (χ2n) is 7.31. The van der Waals surface area contributed by atoms with Gasteiger partial charge in [-0.3, -0.25) is 4.79 Å². The molecule has 30 heavy (non-hydrogen) atoms. The molecule has 1 amide bonds. The summed E-state index contributed by atoms with van der Waals surface area (Å²) in [5, 5.41) is 2.67. The summed E-state index contributed by atoms with van der Waals surface area (Å²) < 4.78 is 25.0. The van der Waals surface area contributed by atoms with Gasteiger partial charge in [0.2, 0.25) is 0 Å². The molecule has 0 saturated carbocycles. The molecule has 8 heteroatoms. The number of rotatable bonds is 6. The van der Waals surface area contributed by atoms with Crippen LogP contribution < -0.4 is 14.8 Å². The molecule has 1 saturated heterocycles. The average Bonchev–Trinajstić information content (AvgIpc) is 2.74. The average molecular weight is 542 g/mol. The lowest BCUT2D eigenvalue weighted by Crippen LogP contribution is -2.37. The van der Waals surface area contributed by atoms with Gasteiger partial charge in [-0.15, -0.1) is 0 Å². The Morgan fingerprint density at radius 3 is 2.57 bits per heavy atom. The van der Waals surface area contributed by atoms with Crippen LogP contribution in [-0.4, -0.2) is 42.6 Å². The molecular weight excluding hydrogens is 518 g/mol. The lowest BCUT2D eigenvalue weighted by Gasteiger charge is -2.32. The number of carbonyl (C=O) groups is 1. The number of piperidine rings is 1. The van der Waals surface area contributed by atoms with Crippen molar-refractivity contribution in [2.45, 2.75) is 19.8 Å². The number of amides is 1. The van der Waals surface area contributed by atoms with Crippen LogP contribution in [0, 0.1) is 15.3 Å². The fraction of sp³-hybridized carbons (Fsp3) is 0.364. The third kappa shape index (κ3) is 5.81. The van der Waals surface area contributed by atoms with Gasteiger partial charge in [-0.05, 0) is 77.7 Å². The molecule has 2 aromatic carbocycles. The number of methoxy groups -OCH3 is 1. The van der Waals surface area contributed by atoms with Gasteiger partial charge in [0, 0.05) is 24.3 Å². The molecule has 1 aliphatic heterocycles. The smallest absolute Gasteiger partial charge is 0.262 e. The number of hydrogen-bond acceptors (Lipinski definition) is 4. The Morgan fingerprint density at radius 1 is 1.27 bits per heavy atom. The number of ether oxygens (including phenoxy) is 2. The SMILES string of the molecule is COc1cc(C(=S)N2CCC(C)CC2)cc(I)c1OCC(=O)Nc1ccc(F)cc1. The molecule has 1 N–H and O–H groups in total. The molecule has 1 aliphatic rings. The first-order valence-electron chi connectivity index (χ1n) is 9.72. The van der Waals surface area contributed by atoms with Crippen molar-refractivity contribution >= 4 is 51.4 Å². The van der Waals surface area contributed by atoms with Crippen LogP contribution >= 0.6 is 34.8 Å². The van der Waals surface area contributed by atoms with E-state index in [0.29, 0.717) is 17.2 Å². The Hall–Kier alpha value is -1.94. The number of nitrogens with one attached hydrogen (secondary N) is 1.